The van der Waals surface area contributed by atoms with Crippen LogP contribution >= 0.6 is 0 Å². The number of aliphatic carboxylic acids is 1. The second-order valence-corrected chi connectivity index (χ2v) is 11.2. The molecule has 2 N–H and O–H groups in total. The predicted octanol–water partition coefficient (Wildman–Crippen LogP) is 6.50. The number of fused-ring (bicyclic) bond motifs is 3. The lowest BCUT2D eigenvalue weighted by Gasteiger charge is -2.40. The molecule has 42 heavy (non-hydrogen) atoms. The number of halogens is 6. The maximum Gasteiger partial charge on any atom is 0.417 e. The van der Waals surface area contributed by atoms with E-state index in [9.17, 15) is 41.4 Å². The van der Waals surface area contributed by atoms with Crippen LogP contribution in [-0.4, -0.2) is 33.4 Å². The molecule has 0 bridgehead atoms. The molecule has 2 fully saturated rings. The molecule has 0 amide bonds. The van der Waals surface area contributed by atoms with Crippen LogP contribution in [0.4, 0.5) is 26.3 Å². The Hall–Kier alpha value is -4.06. The zero-order chi connectivity index (χ0) is 30.1. The van der Waals surface area contributed by atoms with Crippen molar-refractivity contribution < 1.29 is 50.8 Å². The highest BCUT2D eigenvalue weighted by Crippen LogP contribution is 2.60. The summed E-state index contributed by atoms with van der Waals surface area (Å²) in [4.78, 5) is 15.4. The first-order valence-corrected chi connectivity index (χ1v) is 13.0. The SMILES string of the molecule is CC1(O)CC(COc2c(F)cc(-c3cc(COc4cc5c(cn4)[C@H]4C(=C5)[C@@H]4C(=O)O)c(F)cc3C(F)(F)F)cc2F)C1. The van der Waals surface area contributed by atoms with E-state index in [4.69, 9.17) is 9.47 Å². The van der Waals surface area contributed by atoms with E-state index in [1.165, 1.54) is 12.3 Å². The van der Waals surface area contributed by atoms with Crippen LogP contribution in [0.5, 0.6) is 11.6 Å². The number of ether oxygens (including phenoxy) is 2. The standard InChI is InChI=1S/C30H23F6NO5/c1-29(40)8-13(9-29)11-42-27-22(32)4-15(5-23(27)33)17-3-16(21(31)7-20(17)30(34,35)36)12-41-24-6-14-2-18-25(19(14)10-37-24)26(18)28(38)39/h2-7,10,13,25-26,40H,8-9,11-12H2,1H3,(H,38,39)/t13?,25-,26+,29?/m1/s1. The summed E-state index contributed by atoms with van der Waals surface area (Å²) in [6, 6.07) is 3.97. The van der Waals surface area contributed by atoms with E-state index < -0.39 is 70.2 Å². The number of nitrogens with zero attached hydrogens (tertiary/aromatic N) is 1. The molecule has 0 spiro atoms. The zero-order valence-electron chi connectivity index (χ0n) is 21.9. The third-order valence-electron chi connectivity index (χ3n) is 7.91. The minimum atomic E-state index is -5.04. The van der Waals surface area contributed by atoms with Gasteiger partial charge in [0.2, 0.25) is 5.88 Å². The molecule has 3 aliphatic rings. The fourth-order valence-electron chi connectivity index (χ4n) is 5.92. The zero-order valence-corrected chi connectivity index (χ0v) is 21.9. The van der Waals surface area contributed by atoms with Crippen molar-refractivity contribution in [1.82, 2.24) is 4.98 Å². The largest absolute Gasteiger partial charge is 0.487 e. The van der Waals surface area contributed by atoms with Crippen LogP contribution in [0, 0.1) is 29.3 Å². The van der Waals surface area contributed by atoms with Crippen LogP contribution in [0.15, 0.2) is 42.1 Å². The van der Waals surface area contributed by atoms with Gasteiger partial charge in [-0.3, -0.25) is 4.79 Å². The van der Waals surface area contributed by atoms with Crippen molar-refractivity contribution in [2.75, 3.05) is 6.61 Å². The van der Waals surface area contributed by atoms with Crippen LogP contribution < -0.4 is 9.47 Å². The van der Waals surface area contributed by atoms with Gasteiger partial charge >= 0.3 is 12.1 Å². The van der Waals surface area contributed by atoms with Gasteiger partial charge in [-0.15, -0.1) is 0 Å². The lowest BCUT2D eigenvalue weighted by atomic mass is 9.73. The summed E-state index contributed by atoms with van der Waals surface area (Å²) in [5.74, 6) is -6.31. The average molecular weight is 592 g/mol. The second-order valence-electron chi connectivity index (χ2n) is 11.2. The van der Waals surface area contributed by atoms with Gasteiger partial charge in [0.25, 0.3) is 0 Å². The average Bonchev–Trinajstić information content (AvgIpc) is 3.47. The van der Waals surface area contributed by atoms with Crippen molar-refractivity contribution in [2.24, 2.45) is 11.8 Å². The Labute approximate surface area is 235 Å². The smallest absolute Gasteiger partial charge is 0.417 e. The molecule has 3 aromatic rings. The van der Waals surface area contributed by atoms with E-state index in [0.717, 1.165) is 11.6 Å². The molecule has 0 aliphatic heterocycles. The van der Waals surface area contributed by atoms with E-state index in [1.54, 1.807) is 13.0 Å². The Kier molecular flexibility index (Phi) is 6.52. The fourth-order valence-corrected chi connectivity index (χ4v) is 5.92. The van der Waals surface area contributed by atoms with Crippen molar-refractivity contribution in [3.63, 3.8) is 0 Å². The van der Waals surface area contributed by atoms with Gasteiger partial charge in [-0.1, -0.05) is 6.08 Å². The number of carbonyl (C=O) groups is 1. The molecular formula is C30H23F6NO5. The highest BCUT2D eigenvalue weighted by molar-refractivity contribution is 5.90. The van der Waals surface area contributed by atoms with Crippen molar-refractivity contribution >= 4 is 12.0 Å². The van der Waals surface area contributed by atoms with Crippen molar-refractivity contribution in [2.45, 2.75) is 44.1 Å². The molecule has 220 valence electrons. The fraction of sp³-hybridized carbons (Fsp3) is 0.333. The molecule has 2 saturated carbocycles. The monoisotopic (exact) mass is 591 g/mol. The lowest BCUT2D eigenvalue weighted by Crippen LogP contribution is -2.43. The minimum absolute atomic E-state index is 0.0335. The van der Waals surface area contributed by atoms with E-state index >= 15 is 0 Å². The minimum Gasteiger partial charge on any atom is -0.487 e. The number of hydrogen-bond donors (Lipinski definition) is 2. The van der Waals surface area contributed by atoms with E-state index in [-0.39, 0.29) is 36.0 Å². The summed E-state index contributed by atoms with van der Waals surface area (Å²) in [5.41, 5.74) is -1.62. The number of benzene rings is 2. The van der Waals surface area contributed by atoms with E-state index in [0.29, 0.717) is 36.1 Å². The summed E-state index contributed by atoms with van der Waals surface area (Å²) >= 11 is 0. The van der Waals surface area contributed by atoms with Gasteiger partial charge in [-0.2, -0.15) is 13.2 Å². The highest BCUT2D eigenvalue weighted by atomic mass is 19.4. The van der Waals surface area contributed by atoms with Crippen LogP contribution in [-0.2, 0) is 17.6 Å². The summed E-state index contributed by atoms with van der Waals surface area (Å²) in [6.07, 6.45) is -1.12. The van der Waals surface area contributed by atoms with Gasteiger partial charge in [0, 0.05) is 23.7 Å². The number of pyridine rings is 1. The maximum atomic E-state index is 14.9. The van der Waals surface area contributed by atoms with Crippen LogP contribution in [0.2, 0.25) is 0 Å². The van der Waals surface area contributed by atoms with Crippen LogP contribution in [0.1, 0.15) is 47.9 Å². The molecule has 2 aromatic carbocycles. The summed E-state index contributed by atoms with van der Waals surface area (Å²) < 4.78 is 96.9. The Bertz CT molecular complexity index is 1620. The number of aliphatic hydroxyl groups is 1. The first-order chi connectivity index (χ1) is 19.7. The molecule has 6 nitrogen and oxygen atoms in total. The molecular weight excluding hydrogens is 568 g/mol. The third kappa shape index (κ3) is 5.08. The van der Waals surface area contributed by atoms with Gasteiger partial charge in [0.05, 0.1) is 23.7 Å². The molecule has 0 radical (unpaired) electrons. The van der Waals surface area contributed by atoms with E-state index in [1.807, 2.05) is 0 Å². The molecule has 2 atom stereocenters. The molecule has 0 saturated heterocycles. The lowest BCUT2D eigenvalue weighted by molar-refractivity contribution is -0.138. The normalized spacial score (nSPS) is 23.9. The van der Waals surface area contributed by atoms with Crippen LogP contribution in [0.3, 0.4) is 0 Å². The Balaban J connectivity index is 1.24. The molecule has 0 unspecified atom stereocenters. The summed E-state index contributed by atoms with van der Waals surface area (Å²) in [7, 11) is 0. The van der Waals surface area contributed by atoms with Gasteiger partial charge in [0.1, 0.15) is 12.4 Å². The van der Waals surface area contributed by atoms with Gasteiger partial charge in [-0.25, -0.2) is 18.2 Å². The number of rotatable bonds is 8. The Morgan fingerprint density at radius 2 is 1.74 bits per heavy atom. The predicted molar refractivity (Wildman–Crippen MR) is 136 cm³/mol. The summed E-state index contributed by atoms with van der Waals surface area (Å²) in [5, 5.41) is 19.0. The number of carboxylic acids is 1. The molecule has 1 heterocycles. The molecule has 12 heteroatoms. The Morgan fingerprint density at radius 3 is 2.36 bits per heavy atom. The summed E-state index contributed by atoms with van der Waals surface area (Å²) in [6.45, 7) is 1.00. The van der Waals surface area contributed by atoms with Crippen molar-refractivity contribution in [3.8, 4) is 22.8 Å². The number of hydrogen-bond acceptors (Lipinski definition) is 5. The van der Waals surface area contributed by atoms with Gasteiger partial charge in [-0.05, 0) is 77.8 Å². The van der Waals surface area contributed by atoms with Gasteiger partial charge in [0.15, 0.2) is 17.4 Å². The van der Waals surface area contributed by atoms with E-state index in [2.05, 4.69) is 4.98 Å². The first kappa shape index (κ1) is 28.1. The van der Waals surface area contributed by atoms with Crippen molar-refractivity contribution in [1.29, 1.82) is 0 Å². The van der Waals surface area contributed by atoms with Crippen molar-refractivity contribution in [3.05, 3.63) is 81.8 Å². The molecule has 6 rings (SSSR count). The Morgan fingerprint density at radius 1 is 1.05 bits per heavy atom. The number of alkyl halides is 3. The third-order valence-corrected chi connectivity index (χ3v) is 7.91. The molecule has 1 aromatic heterocycles. The first-order valence-electron chi connectivity index (χ1n) is 13.0. The quantitative estimate of drug-likeness (QED) is 0.291. The number of aromatic nitrogens is 1. The van der Waals surface area contributed by atoms with Gasteiger partial charge < -0.3 is 19.7 Å². The maximum absolute atomic E-state index is 14.9. The van der Waals surface area contributed by atoms with Crippen LogP contribution in [0.25, 0.3) is 17.2 Å². The topological polar surface area (TPSA) is 88.9 Å². The highest BCUT2D eigenvalue weighted by Gasteiger charge is 2.54. The number of carboxylic acid groups (broad SMARTS) is 1. The molecule has 3 aliphatic carbocycles. The second kappa shape index (κ2) is 9.75.